The molecule has 3 heteroatoms. The first-order chi connectivity index (χ1) is 9.10. The summed E-state index contributed by atoms with van der Waals surface area (Å²) in [5, 5.41) is 3.55. The van der Waals surface area contributed by atoms with Crippen molar-refractivity contribution in [2.24, 2.45) is 0 Å². The number of hydrogen-bond acceptors (Lipinski definition) is 3. The first-order valence-corrected chi connectivity index (χ1v) is 6.68. The smallest absolute Gasteiger partial charge is 0.160 e. The maximum atomic E-state index is 5.32. The summed E-state index contributed by atoms with van der Waals surface area (Å²) in [6.07, 6.45) is 3.89. The van der Waals surface area contributed by atoms with Crippen LogP contribution in [0.25, 0.3) is 0 Å². The van der Waals surface area contributed by atoms with E-state index in [1.54, 1.807) is 14.2 Å². The lowest BCUT2D eigenvalue weighted by Crippen LogP contribution is -2.35. The van der Waals surface area contributed by atoms with Gasteiger partial charge in [-0.2, -0.15) is 0 Å². The number of nitrogens with one attached hydrogen (secondary N) is 1. The lowest BCUT2D eigenvalue weighted by Gasteiger charge is -2.19. The molecule has 0 aromatic heterocycles. The van der Waals surface area contributed by atoms with E-state index in [4.69, 9.17) is 9.47 Å². The molecule has 0 fully saturated rings. The molecule has 1 rings (SSSR count). The first-order valence-electron chi connectivity index (χ1n) is 6.68. The van der Waals surface area contributed by atoms with Gasteiger partial charge in [0.1, 0.15) is 0 Å². The van der Waals surface area contributed by atoms with E-state index in [-0.39, 0.29) is 0 Å². The van der Waals surface area contributed by atoms with Gasteiger partial charge in [-0.3, -0.25) is 0 Å². The number of methoxy groups -OCH3 is 2. The van der Waals surface area contributed by atoms with Crippen LogP contribution in [0.15, 0.2) is 30.9 Å². The van der Waals surface area contributed by atoms with Crippen LogP contribution in [0.4, 0.5) is 0 Å². The minimum atomic E-state index is 0.410. The van der Waals surface area contributed by atoms with Crippen LogP contribution in [0.3, 0.4) is 0 Å². The van der Waals surface area contributed by atoms with Gasteiger partial charge in [-0.1, -0.05) is 12.1 Å². The molecule has 0 saturated carbocycles. The van der Waals surface area contributed by atoms with Crippen LogP contribution >= 0.6 is 0 Å². The third-order valence-corrected chi connectivity index (χ3v) is 3.08. The molecule has 1 N–H and O–H groups in total. The number of hydrogen-bond donors (Lipinski definition) is 1. The van der Waals surface area contributed by atoms with Gasteiger partial charge in [0, 0.05) is 12.1 Å². The van der Waals surface area contributed by atoms with E-state index in [0.29, 0.717) is 12.1 Å². The van der Waals surface area contributed by atoms with Gasteiger partial charge in [-0.25, -0.2) is 0 Å². The van der Waals surface area contributed by atoms with Crippen molar-refractivity contribution >= 4 is 0 Å². The molecule has 1 aromatic carbocycles. The van der Waals surface area contributed by atoms with Crippen molar-refractivity contribution in [1.82, 2.24) is 5.32 Å². The van der Waals surface area contributed by atoms with Crippen molar-refractivity contribution in [3.05, 3.63) is 36.4 Å². The van der Waals surface area contributed by atoms with Crippen LogP contribution in [-0.2, 0) is 6.42 Å². The largest absolute Gasteiger partial charge is 0.493 e. The third-order valence-electron chi connectivity index (χ3n) is 3.08. The highest BCUT2D eigenvalue weighted by molar-refractivity contribution is 5.43. The standard InChI is InChI=1S/C16H25NO2/c1-6-7-12(2)17-13(3)10-14-8-9-15(18-4)16(11-14)19-5/h6,8-9,11-13,17H,1,7,10H2,2-5H3. The topological polar surface area (TPSA) is 30.5 Å². The molecule has 0 saturated heterocycles. The molecule has 0 aliphatic heterocycles. The second kappa shape index (κ2) is 7.85. The second-order valence-corrected chi connectivity index (χ2v) is 4.89. The minimum Gasteiger partial charge on any atom is -0.493 e. The Hall–Kier alpha value is -1.48. The first kappa shape index (κ1) is 15.6. The maximum Gasteiger partial charge on any atom is 0.160 e. The summed E-state index contributed by atoms with van der Waals surface area (Å²) in [6, 6.07) is 6.93. The summed E-state index contributed by atoms with van der Waals surface area (Å²) < 4.78 is 10.6. The molecule has 0 aliphatic rings. The monoisotopic (exact) mass is 263 g/mol. The van der Waals surface area contributed by atoms with Gasteiger partial charge in [-0.15, -0.1) is 6.58 Å². The Morgan fingerprint density at radius 2 is 1.84 bits per heavy atom. The summed E-state index contributed by atoms with van der Waals surface area (Å²) in [7, 11) is 3.31. The lowest BCUT2D eigenvalue weighted by atomic mass is 10.1. The zero-order valence-electron chi connectivity index (χ0n) is 12.4. The van der Waals surface area contributed by atoms with E-state index < -0.39 is 0 Å². The summed E-state index contributed by atoms with van der Waals surface area (Å²) in [5.74, 6) is 1.55. The molecule has 3 nitrogen and oxygen atoms in total. The zero-order valence-corrected chi connectivity index (χ0v) is 12.4. The van der Waals surface area contributed by atoms with Gasteiger partial charge in [0.25, 0.3) is 0 Å². The number of benzene rings is 1. The van der Waals surface area contributed by atoms with Crippen LogP contribution < -0.4 is 14.8 Å². The molecular formula is C16H25NO2. The van der Waals surface area contributed by atoms with Crippen LogP contribution in [0.1, 0.15) is 25.8 Å². The van der Waals surface area contributed by atoms with E-state index in [0.717, 1.165) is 24.3 Å². The molecule has 0 heterocycles. The minimum absolute atomic E-state index is 0.410. The highest BCUT2D eigenvalue weighted by Gasteiger charge is 2.09. The average molecular weight is 263 g/mol. The van der Waals surface area contributed by atoms with Crippen LogP contribution in [-0.4, -0.2) is 26.3 Å². The van der Waals surface area contributed by atoms with E-state index in [1.807, 2.05) is 18.2 Å². The summed E-state index contributed by atoms with van der Waals surface area (Å²) in [5.41, 5.74) is 1.24. The van der Waals surface area contributed by atoms with Crippen molar-refractivity contribution in [1.29, 1.82) is 0 Å². The fraction of sp³-hybridized carbons (Fsp3) is 0.500. The second-order valence-electron chi connectivity index (χ2n) is 4.89. The van der Waals surface area contributed by atoms with E-state index in [2.05, 4.69) is 31.8 Å². The fourth-order valence-electron chi connectivity index (χ4n) is 2.22. The van der Waals surface area contributed by atoms with Gasteiger partial charge in [0.05, 0.1) is 14.2 Å². The van der Waals surface area contributed by atoms with Crippen molar-refractivity contribution in [2.45, 2.75) is 38.8 Å². The average Bonchev–Trinajstić information content (AvgIpc) is 2.38. The molecular weight excluding hydrogens is 238 g/mol. The normalized spacial score (nSPS) is 13.7. The number of rotatable bonds is 8. The van der Waals surface area contributed by atoms with Gasteiger partial charge in [0.15, 0.2) is 11.5 Å². The molecule has 0 radical (unpaired) electrons. The summed E-state index contributed by atoms with van der Waals surface area (Å²) in [4.78, 5) is 0. The fourth-order valence-corrected chi connectivity index (χ4v) is 2.22. The predicted molar refractivity (Wildman–Crippen MR) is 80.1 cm³/mol. The lowest BCUT2D eigenvalue weighted by molar-refractivity contribution is 0.354. The molecule has 2 atom stereocenters. The third kappa shape index (κ3) is 4.95. The molecule has 1 aromatic rings. The number of ether oxygens (including phenoxy) is 2. The Labute approximate surface area is 116 Å². The van der Waals surface area contributed by atoms with Gasteiger partial charge in [-0.05, 0) is 44.4 Å². The molecule has 0 amide bonds. The predicted octanol–water partition coefficient (Wildman–Crippen LogP) is 3.19. The molecule has 2 unspecified atom stereocenters. The Morgan fingerprint density at radius 1 is 1.16 bits per heavy atom. The SMILES string of the molecule is C=CCC(C)NC(C)Cc1ccc(OC)c(OC)c1. The van der Waals surface area contributed by atoms with Gasteiger partial charge in [0.2, 0.25) is 0 Å². The van der Waals surface area contributed by atoms with Crippen LogP contribution in [0.5, 0.6) is 11.5 Å². The summed E-state index contributed by atoms with van der Waals surface area (Å²) in [6.45, 7) is 8.13. The van der Waals surface area contributed by atoms with Gasteiger partial charge < -0.3 is 14.8 Å². The van der Waals surface area contributed by atoms with E-state index >= 15 is 0 Å². The Kier molecular flexibility index (Phi) is 6.43. The zero-order chi connectivity index (χ0) is 14.3. The van der Waals surface area contributed by atoms with Crippen molar-refractivity contribution in [3.8, 4) is 11.5 Å². The van der Waals surface area contributed by atoms with Gasteiger partial charge >= 0.3 is 0 Å². The Bertz CT molecular complexity index is 404. The maximum absolute atomic E-state index is 5.32. The summed E-state index contributed by atoms with van der Waals surface area (Å²) >= 11 is 0. The molecule has 19 heavy (non-hydrogen) atoms. The molecule has 106 valence electrons. The van der Waals surface area contributed by atoms with Crippen molar-refractivity contribution in [2.75, 3.05) is 14.2 Å². The Balaban J connectivity index is 2.63. The highest BCUT2D eigenvalue weighted by Crippen LogP contribution is 2.27. The van der Waals surface area contributed by atoms with Crippen molar-refractivity contribution in [3.63, 3.8) is 0 Å². The quantitative estimate of drug-likeness (QED) is 0.731. The highest BCUT2D eigenvalue weighted by atomic mass is 16.5. The van der Waals surface area contributed by atoms with Crippen molar-refractivity contribution < 1.29 is 9.47 Å². The van der Waals surface area contributed by atoms with Crippen LogP contribution in [0, 0.1) is 0 Å². The van der Waals surface area contributed by atoms with E-state index in [9.17, 15) is 0 Å². The molecule has 0 aliphatic carbocycles. The van der Waals surface area contributed by atoms with E-state index in [1.165, 1.54) is 5.56 Å². The Morgan fingerprint density at radius 3 is 2.42 bits per heavy atom. The van der Waals surface area contributed by atoms with Crippen LogP contribution in [0.2, 0.25) is 0 Å². The molecule has 0 bridgehead atoms. The molecule has 0 spiro atoms.